The van der Waals surface area contributed by atoms with Crippen molar-refractivity contribution in [2.45, 2.75) is 6.18 Å². The molecule has 0 radical (unpaired) electrons. The minimum atomic E-state index is -4.71. The lowest BCUT2D eigenvalue weighted by molar-refractivity contribution is -0.136. The maximum atomic E-state index is 13.5. The molecule has 0 amide bonds. The van der Waals surface area contributed by atoms with Gasteiger partial charge >= 0.3 is 6.18 Å². The quantitative estimate of drug-likeness (QED) is 0.807. The third-order valence-corrected chi connectivity index (χ3v) is 2.73. The van der Waals surface area contributed by atoms with Gasteiger partial charge in [-0.1, -0.05) is 11.6 Å². The molecule has 0 atom stereocenters. The third kappa shape index (κ3) is 3.33. The van der Waals surface area contributed by atoms with E-state index in [1.807, 2.05) is 0 Å². The normalized spacial score (nSPS) is 11.5. The Kier molecular flexibility index (Phi) is 3.91. The molecule has 0 aliphatic heterocycles. The number of aromatic nitrogens is 1. The summed E-state index contributed by atoms with van der Waals surface area (Å²) in [7, 11) is 0. The molecule has 1 aromatic heterocycles. The Morgan fingerprint density at radius 3 is 2.38 bits per heavy atom. The third-order valence-electron chi connectivity index (χ3n) is 2.50. The van der Waals surface area contributed by atoms with Crippen LogP contribution in [0.15, 0.2) is 24.3 Å². The first kappa shape index (κ1) is 15.3. The molecule has 3 N–H and O–H groups in total. The van der Waals surface area contributed by atoms with Crippen LogP contribution in [0.5, 0.6) is 0 Å². The van der Waals surface area contributed by atoms with Gasteiger partial charge in [0, 0.05) is 11.1 Å². The number of nitrogens with zero attached hydrogens (tertiary/aromatic N) is 1. The fourth-order valence-corrected chi connectivity index (χ4v) is 1.73. The van der Waals surface area contributed by atoms with Gasteiger partial charge in [-0.25, -0.2) is 13.8 Å². The zero-order valence-electron chi connectivity index (χ0n) is 10.1. The highest BCUT2D eigenvalue weighted by atomic mass is 35.5. The molecular weight excluding hydrogens is 317 g/mol. The van der Waals surface area contributed by atoms with Gasteiger partial charge in [0.1, 0.15) is 0 Å². The molecule has 0 aliphatic rings. The van der Waals surface area contributed by atoms with E-state index in [4.69, 9.17) is 17.3 Å². The van der Waals surface area contributed by atoms with Crippen LogP contribution in [0.3, 0.4) is 0 Å². The largest absolute Gasteiger partial charge is 0.418 e. The summed E-state index contributed by atoms with van der Waals surface area (Å²) in [5, 5.41) is 1.99. The molecule has 1 aromatic carbocycles. The van der Waals surface area contributed by atoms with Crippen LogP contribution in [-0.2, 0) is 6.18 Å². The molecule has 112 valence electrons. The van der Waals surface area contributed by atoms with Gasteiger partial charge in [0.15, 0.2) is 23.3 Å². The van der Waals surface area contributed by atoms with E-state index in [1.165, 1.54) is 6.07 Å². The van der Waals surface area contributed by atoms with Crippen molar-refractivity contribution in [1.29, 1.82) is 0 Å². The molecule has 21 heavy (non-hydrogen) atoms. The van der Waals surface area contributed by atoms with Gasteiger partial charge < -0.3 is 11.1 Å². The van der Waals surface area contributed by atoms with Crippen molar-refractivity contribution < 1.29 is 22.0 Å². The first-order valence-electron chi connectivity index (χ1n) is 5.44. The number of pyridine rings is 1. The van der Waals surface area contributed by atoms with Crippen molar-refractivity contribution >= 4 is 28.9 Å². The van der Waals surface area contributed by atoms with E-state index in [2.05, 4.69) is 10.3 Å². The van der Waals surface area contributed by atoms with Crippen molar-refractivity contribution in [3.05, 3.63) is 46.5 Å². The van der Waals surface area contributed by atoms with E-state index >= 15 is 0 Å². The number of halogens is 6. The first-order valence-corrected chi connectivity index (χ1v) is 5.81. The average molecular weight is 324 g/mol. The lowest BCUT2D eigenvalue weighted by Gasteiger charge is -2.15. The number of nitrogens with two attached hydrogens (primary N) is 1. The summed E-state index contributed by atoms with van der Waals surface area (Å²) in [5.41, 5.74) is 3.56. The summed E-state index contributed by atoms with van der Waals surface area (Å²) in [4.78, 5) is 3.33. The molecule has 2 aromatic rings. The second kappa shape index (κ2) is 5.36. The summed E-state index contributed by atoms with van der Waals surface area (Å²) < 4.78 is 65.1. The van der Waals surface area contributed by atoms with Crippen LogP contribution in [0.2, 0.25) is 5.02 Å². The molecule has 9 heteroatoms. The van der Waals surface area contributed by atoms with Crippen molar-refractivity contribution in [3.63, 3.8) is 0 Å². The van der Waals surface area contributed by atoms with Crippen LogP contribution in [0.4, 0.5) is 39.3 Å². The maximum Gasteiger partial charge on any atom is 0.418 e. The van der Waals surface area contributed by atoms with Gasteiger partial charge in [0.05, 0.1) is 11.3 Å². The number of hydrogen-bond donors (Lipinski definition) is 2. The van der Waals surface area contributed by atoms with E-state index in [0.717, 1.165) is 6.07 Å². The second-order valence-corrected chi connectivity index (χ2v) is 4.43. The zero-order valence-corrected chi connectivity index (χ0v) is 10.9. The molecule has 0 unspecified atom stereocenters. The van der Waals surface area contributed by atoms with Gasteiger partial charge in [0.25, 0.3) is 0 Å². The molecular formula is C12H7ClF5N3. The SMILES string of the molecule is Nc1nc(Nc2ccc(Cl)cc2C(F)(F)F)c(F)cc1F. The van der Waals surface area contributed by atoms with Crippen molar-refractivity contribution in [3.8, 4) is 0 Å². The van der Waals surface area contributed by atoms with Crippen LogP contribution in [0, 0.1) is 11.6 Å². The highest BCUT2D eigenvalue weighted by Gasteiger charge is 2.34. The number of nitrogen functional groups attached to an aromatic ring is 1. The summed E-state index contributed by atoms with van der Waals surface area (Å²) >= 11 is 5.52. The zero-order chi connectivity index (χ0) is 15.8. The van der Waals surface area contributed by atoms with E-state index in [-0.39, 0.29) is 5.02 Å². The molecule has 0 saturated heterocycles. The number of nitrogens with one attached hydrogen (secondary N) is 1. The summed E-state index contributed by atoms with van der Waals surface area (Å²) in [6, 6.07) is 3.29. The Balaban J connectivity index is 2.47. The maximum absolute atomic E-state index is 13.5. The van der Waals surface area contributed by atoms with Crippen molar-refractivity contribution in [1.82, 2.24) is 4.98 Å². The van der Waals surface area contributed by atoms with Crippen LogP contribution in [-0.4, -0.2) is 4.98 Å². The van der Waals surface area contributed by atoms with Gasteiger partial charge in [-0.3, -0.25) is 0 Å². The van der Waals surface area contributed by atoms with Gasteiger partial charge in [-0.15, -0.1) is 0 Å². The monoisotopic (exact) mass is 323 g/mol. The van der Waals surface area contributed by atoms with Crippen LogP contribution in [0.1, 0.15) is 5.56 Å². The van der Waals surface area contributed by atoms with E-state index in [0.29, 0.717) is 12.1 Å². The van der Waals surface area contributed by atoms with Crippen LogP contribution in [0.25, 0.3) is 0 Å². The molecule has 0 spiro atoms. The topological polar surface area (TPSA) is 50.9 Å². The second-order valence-electron chi connectivity index (χ2n) is 4.00. The number of rotatable bonds is 2. The number of benzene rings is 1. The van der Waals surface area contributed by atoms with E-state index < -0.39 is 40.7 Å². The summed E-state index contributed by atoms with van der Waals surface area (Å²) in [5.74, 6) is -3.54. The Hall–Kier alpha value is -2.09. The smallest absolute Gasteiger partial charge is 0.381 e. The first-order chi connectivity index (χ1) is 9.68. The molecule has 0 aliphatic carbocycles. The Bertz CT molecular complexity index is 687. The number of hydrogen-bond acceptors (Lipinski definition) is 3. The number of alkyl halides is 3. The Morgan fingerprint density at radius 2 is 1.76 bits per heavy atom. The molecule has 3 nitrogen and oxygen atoms in total. The minimum Gasteiger partial charge on any atom is -0.381 e. The van der Waals surface area contributed by atoms with E-state index in [1.54, 1.807) is 0 Å². The summed E-state index contributed by atoms with van der Waals surface area (Å²) in [6.45, 7) is 0. The standard InChI is InChI=1S/C12H7ClF5N3/c13-5-1-2-9(6(3-5)12(16,17)18)20-11-8(15)4-7(14)10(19)21-11/h1-4H,(H3,19,20,21). The van der Waals surface area contributed by atoms with Gasteiger partial charge in [-0.05, 0) is 18.2 Å². The molecule has 0 saturated carbocycles. The highest BCUT2D eigenvalue weighted by molar-refractivity contribution is 6.30. The summed E-state index contributed by atoms with van der Waals surface area (Å²) in [6.07, 6.45) is -4.71. The highest BCUT2D eigenvalue weighted by Crippen LogP contribution is 2.37. The fraction of sp³-hybridized carbons (Fsp3) is 0.0833. The van der Waals surface area contributed by atoms with Crippen LogP contribution < -0.4 is 11.1 Å². The Labute approximate surface area is 120 Å². The van der Waals surface area contributed by atoms with Crippen molar-refractivity contribution in [2.75, 3.05) is 11.1 Å². The lowest BCUT2D eigenvalue weighted by Crippen LogP contribution is -2.10. The van der Waals surface area contributed by atoms with Crippen LogP contribution >= 0.6 is 11.6 Å². The molecule has 2 rings (SSSR count). The molecule has 0 bridgehead atoms. The predicted molar refractivity (Wildman–Crippen MR) is 68.3 cm³/mol. The van der Waals surface area contributed by atoms with Gasteiger partial charge in [-0.2, -0.15) is 13.2 Å². The lowest BCUT2D eigenvalue weighted by atomic mass is 10.1. The van der Waals surface area contributed by atoms with E-state index in [9.17, 15) is 22.0 Å². The molecule has 0 fully saturated rings. The predicted octanol–water partition coefficient (Wildman–Crippen LogP) is 4.36. The minimum absolute atomic E-state index is 0.139. The molecule has 1 heterocycles. The number of anilines is 3. The Morgan fingerprint density at radius 1 is 1.10 bits per heavy atom. The fourth-order valence-electron chi connectivity index (χ4n) is 1.56. The van der Waals surface area contributed by atoms with Gasteiger partial charge in [0.2, 0.25) is 0 Å². The van der Waals surface area contributed by atoms with Crippen molar-refractivity contribution in [2.24, 2.45) is 0 Å². The average Bonchev–Trinajstić information content (AvgIpc) is 2.36.